The fourth-order valence-corrected chi connectivity index (χ4v) is 2.53. The van der Waals surface area contributed by atoms with Crippen molar-refractivity contribution in [3.63, 3.8) is 0 Å². The van der Waals surface area contributed by atoms with Crippen molar-refractivity contribution in [1.82, 2.24) is 0 Å². The van der Waals surface area contributed by atoms with Crippen LogP contribution in [0.3, 0.4) is 0 Å². The van der Waals surface area contributed by atoms with Gasteiger partial charge >= 0.3 is 5.97 Å². The highest BCUT2D eigenvalue weighted by atomic mass is 16.5. The lowest BCUT2D eigenvalue weighted by Crippen LogP contribution is -2.16. The van der Waals surface area contributed by atoms with Crippen molar-refractivity contribution in [2.24, 2.45) is 5.92 Å². The molecule has 1 aromatic carbocycles. The lowest BCUT2D eigenvalue weighted by atomic mass is 9.90. The maximum atomic E-state index is 11.8. The molecule has 104 valence electrons. The van der Waals surface area contributed by atoms with E-state index in [1.54, 1.807) is 6.07 Å². The minimum Gasteiger partial charge on any atom is -0.492 e. The minimum atomic E-state index is -0.304. The van der Waals surface area contributed by atoms with Gasteiger partial charge in [-0.05, 0) is 37.8 Å². The van der Waals surface area contributed by atoms with Crippen LogP contribution in [0, 0.1) is 5.92 Å². The zero-order valence-corrected chi connectivity index (χ0v) is 11.6. The number of benzene rings is 1. The summed E-state index contributed by atoms with van der Waals surface area (Å²) in [7, 11) is 0. The highest BCUT2D eigenvalue weighted by molar-refractivity contribution is 5.92. The molecule has 0 bridgehead atoms. The third-order valence-corrected chi connectivity index (χ3v) is 3.58. The van der Waals surface area contributed by atoms with Crippen LogP contribution in [0.1, 0.15) is 49.4 Å². The number of carbonyl (C=O) groups is 1. The van der Waals surface area contributed by atoms with Crippen LogP contribution in [0.5, 0.6) is 5.75 Å². The normalized spacial score (nSPS) is 16.1. The quantitative estimate of drug-likeness (QED) is 0.757. The Labute approximate surface area is 114 Å². The van der Waals surface area contributed by atoms with Gasteiger partial charge in [-0.25, -0.2) is 4.79 Å². The monoisotopic (exact) mass is 262 g/mol. The van der Waals surface area contributed by atoms with Crippen molar-refractivity contribution >= 4 is 5.97 Å². The van der Waals surface area contributed by atoms with E-state index in [9.17, 15) is 4.79 Å². The molecule has 0 N–H and O–H groups in total. The predicted octanol–water partition coefficient (Wildman–Crippen LogP) is 3.82. The van der Waals surface area contributed by atoms with Gasteiger partial charge in [-0.1, -0.05) is 31.4 Å². The number of ether oxygens (including phenoxy) is 2. The third kappa shape index (κ3) is 3.98. The minimum absolute atomic E-state index is 0.304. The van der Waals surface area contributed by atoms with Crippen LogP contribution < -0.4 is 4.74 Å². The van der Waals surface area contributed by atoms with Gasteiger partial charge in [0.2, 0.25) is 0 Å². The van der Waals surface area contributed by atoms with Gasteiger partial charge in [0, 0.05) is 0 Å². The van der Waals surface area contributed by atoms with Crippen LogP contribution in [0.2, 0.25) is 0 Å². The first kappa shape index (κ1) is 13.9. The average molecular weight is 262 g/mol. The highest BCUT2D eigenvalue weighted by Crippen LogP contribution is 2.26. The van der Waals surface area contributed by atoms with Crippen molar-refractivity contribution in [3.8, 4) is 5.75 Å². The molecule has 0 heterocycles. The van der Waals surface area contributed by atoms with Crippen LogP contribution in [0.4, 0.5) is 0 Å². The second-order valence-electron chi connectivity index (χ2n) is 5.03. The number of hydrogen-bond donors (Lipinski definition) is 0. The molecule has 0 spiro atoms. The molecule has 3 nitrogen and oxygen atoms in total. The van der Waals surface area contributed by atoms with Gasteiger partial charge in [-0.15, -0.1) is 0 Å². The van der Waals surface area contributed by atoms with Crippen molar-refractivity contribution < 1.29 is 14.3 Å². The number of rotatable bonds is 5. The van der Waals surface area contributed by atoms with E-state index in [1.165, 1.54) is 32.1 Å². The van der Waals surface area contributed by atoms with Crippen molar-refractivity contribution in [2.45, 2.75) is 39.0 Å². The van der Waals surface area contributed by atoms with E-state index in [0.717, 1.165) is 0 Å². The molecule has 0 aromatic heterocycles. The Morgan fingerprint density at radius 3 is 2.68 bits per heavy atom. The van der Waals surface area contributed by atoms with Crippen LogP contribution in [0.15, 0.2) is 24.3 Å². The smallest absolute Gasteiger partial charge is 0.341 e. The van der Waals surface area contributed by atoms with Crippen LogP contribution in [-0.2, 0) is 4.74 Å². The molecule has 2 rings (SSSR count). The molecule has 1 saturated carbocycles. The van der Waals surface area contributed by atoms with Gasteiger partial charge in [0.15, 0.2) is 0 Å². The number of para-hydroxylation sites is 1. The summed E-state index contributed by atoms with van der Waals surface area (Å²) >= 11 is 0. The molecule has 0 saturated heterocycles. The number of esters is 1. The Morgan fingerprint density at radius 2 is 1.95 bits per heavy atom. The molecule has 0 amide bonds. The van der Waals surface area contributed by atoms with E-state index in [-0.39, 0.29) is 5.97 Å². The maximum absolute atomic E-state index is 11.8. The fourth-order valence-electron chi connectivity index (χ4n) is 2.53. The van der Waals surface area contributed by atoms with E-state index in [1.807, 2.05) is 25.1 Å². The first-order valence-corrected chi connectivity index (χ1v) is 7.20. The summed E-state index contributed by atoms with van der Waals surface area (Å²) < 4.78 is 10.9. The van der Waals surface area contributed by atoms with Gasteiger partial charge in [-0.3, -0.25) is 0 Å². The van der Waals surface area contributed by atoms with Crippen LogP contribution in [-0.4, -0.2) is 19.2 Å². The first-order chi connectivity index (χ1) is 9.31. The SMILES string of the molecule is CCOC(=O)c1ccccc1OCC1CCCCC1. The summed E-state index contributed by atoms with van der Waals surface area (Å²) in [5.74, 6) is 0.970. The summed E-state index contributed by atoms with van der Waals surface area (Å²) in [6, 6.07) is 7.32. The van der Waals surface area contributed by atoms with Crippen LogP contribution in [0.25, 0.3) is 0 Å². The molecule has 1 aromatic rings. The van der Waals surface area contributed by atoms with Crippen molar-refractivity contribution in [1.29, 1.82) is 0 Å². The summed E-state index contributed by atoms with van der Waals surface area (Å²) in [5.41, 5.74) is 0.528. The molecular weight excluding hydrogens is 240 g/mol. The largest absolute Gasteiger partial charge is 0.492 e. The average Bonchev–Trinajstić information content (AvgIpc) is 2.47. The summed E-state index contributed by atoms with van der Waals surface area (Å²) in [5, 5.41) is 0. The van der Waals surface area contributed by atoms with E-state index in [4.69, 9.17) is 9.47 Å². The highest BCUT2D eigenvalue weighted by Gasteiger charge is 2.17. The Kier molecular flexibility index (Phi) is 5.25. The van der Waals surface area contributed by atoms with Gasteiger partial charge in [0.1, 0.15) is 11.3 Å². The van der Waals surface area contributed by atoms with Crippen LogP contribution >= 0.6 is 0 Å². The Morgan fingerprint density at radius 1 is 1.21 bits per heavy atom. The van der Waals surface area contributed by atoms with Gasteiger partial charge in [0.25, 0.3) is 0 Å². The standard InChI is InChI=1S/C16H22O3/c1-2-18-16(17)14-10-6-7-11-15(14)19-12-13-8-4-3-5-9-13/h6-7,10-11,13H,2-5,8-9,12H2,1H3. The molecule has 0 atom stereocenters. The van der Waals surface area contributed by atoms with Gasteiger partial charge < -0.3 is 9.47 Å². The summed E-state index contributed by atoms with van der Waals surface area (Å²) in [6.07, 6.45) is 6.42. The summed E-state index contributed by atoms with van der Waals surface area (Å²) in [4.78, 5) is 11.8. The molecule has 1 fully saturated rings. The lowest BCUT2D eigenvalue weighted by Gasteiger charge is -2.22. The molecule has 1 aliphatic carbocycles. The van der Waals surface area contributed by atoms with E-state index < -0.39 is 0 Å². The molecule has 1 aliphatic rings. The Hall–Kier alpha value is -1.51. The van der Waals surface area contributed by atoms with E-state index in [0.29, 0.717) is 30.4 Å². The Bertz CT molecular complexity index is 408. The second-order valence-corrected chi connectivity index (χ2v) is 5.03. The topological polar surface area (TPSA) is 35.5 Å². The van der Waals surface area contributed by atoms with E-state index in [2.05, 4.69) is 0 Å². The van der Waals surface area contributed by atoms with Crippen molar-refractivity contribution in [2.75, 3.05) is 13.2 Å². The summed E-state index contributed by atoms with van der Waals surface area (Å²) in [6.45, 7) is 2.90. The van der Waals surface area contributed by atoms with Gasteiger partial charge in [-0.2, -0.15) is 0 Å². The fraction of sp³-hybridized carbons (Fsp3) is 0.562. The predicted molar refractivity (Wildman–Crippen MR) is 74.5 cm³/mol. The molecule has 3 heteroatoms. The zero-order valence-electron chi connectivity index (χ0n) is 11.6. The van der Waals surface area contributed by atoms with Gasteiger partial charge in [0.05, 0.1) is 13.2 Å². The second kappa shape index (κ2) is 7.17. The first-order valence-electron chi connectivity index (χ1n) is 7.20. The van der Waals surface area contributed by atoms with E-state index >= 15 is 0 Å². The lowest BCUT2D eigenvalue weighted by molar-refractivity contribution is 0.0520. The zero-order chi connectivity index (χ0) is 13.5. The molecular formula is C16H22O3. The molecule has 19 heavy (non-hydrogen) atoms. The maximum Gasteiger partial charge on any atom is 0.341 e. The number of hydrogen-bond acceptors (Lipinski definition) is 3. The molecule has 0 unspecified atom stereocenters. The van der Waals surface area contributed by atoms with Crippen molar-refractivity contribution in [3.05, 3.63) is 29.8 Å². The molecule has 0 aliphatic heterocycles. The number of carbonyl (C=O) groups excluding carboxylic acids is 1. The molecule has 0 radical (unpaired) electrons. The third-order valence-electron chi connectivity index (χ3n) is 3.58. The Balaban J connectivity index is 1.97.